The minimum atomic E-state index is -0.213. The summed E-state index contributed by atoms with van der Waals surface area (Å²) in [7, 11) is 0. The van der Waals surface area contributed by atoms with Crippen LogP contribution in [0.1, 0.15) is 0 Å². The lowest BCUT2D eigenvalue weighted by Gasteiger charge is -2.17. The Balaban J connectivity index is 2.25. The number of thioether (sulfide) groups is 1. The molecule has 0 aromatic carbocycles. The Morgan fingerprint density at radius 2 is 2.50 bits per heavy atom. The second-order valence-electron chi connectivity index (χ2n) is 2.74. The van der Waals surface area contributed by atoms with E-state index in [1.54, 1.807) is 0 Å². The van der Waals surface area contributed by atoms with Crippen LogP contribution in [0, 0.1) is 5.92 Å². The molecule has 1 fully saturated rings. The summed E-state index contributed by atoms with van der Waals surface area (Å²) in [6, 6.07) is 0. The van der Waals surface area contributed by atoms with Crippen LogP contribution in [-0.2, 0) is 0 Å². The van der Waals surface area contributed by atoms with Crippen molar-refractivity contribution < 1.29 is 5.11 Å². The molecule has 0 radical (unpaired) electrons. The van der Waals surface area contributed by atoms with E-state index in [1.165, 1.54) is 5.57 Å². The topological polar surface area (TPSA) is 20.2 Å². The predicted molar refractivity (Wildman–Crippen MR) is 44.0 cm³/mol. The van der Waals surface area contributed by atoms with E-state index in [0.29, 0.717) is 5.92 Å². The lowest BCUT2D eigenvalue weighted by atomic mass is 9.92. The number of fused-ring (bicyclic) bond motifs is 1. The average molecular weight is 154 g/mol. The molecule has 0 amide bonds. The normalized spacial score (nSPS) is 37.5. The maximum Gasteiger partial charge on any atom is 0.0797 e. The highest BCUT2D eigenvalue weighted by Gasteiger charge is 2.27. The molecule has 1 saturated heterocycles. The third kappa shape index (κ3) is 0.917. The predicted octanol–water partition coefficient (Wildman–Crippen LogP) is 1.21. The van der Waals surface area contributed by atoms with Gasteiger partial charge >= 0.3 is 0 Å². The molecule has 2 heteroatoms. The Hall–Kier alpha value is -0.210. The zero-order valence-corrected chi connectivity index (χ0v) is 6.47. The van der Waals surface area contributed by atoms with Gasteiger partial charge in [-0.3, -0.25) is 0 Å². The minimum Gasteiger partial charge on any atom is -0.388 e. The van der Waals surface area contributed by atoms with Crippen molar-refractivity contribution in [1.82, 2.24) is 0 Å². The van der Waals surface area contributed by atoms with E-state index in [0.717, 1.165) is 11.5 Å². The van der Waals surface area contributed by atoms with Gasteiger partial charge in [0.15, 0.2) is 0 Å². The van der Waals surface area contributed by atoms with Crippen LogP contribution >= 0.6 is 11.8 Å². The summed E-state index contributed by atoms with van der Waals surface area (Å²) in [6.07, 6.45) is 5.76. The van der Waals surface area contributed by atoms with Gasteiger partial charge in [0.2, 0.25) is 0 Å². The number of hydrogen-bond acceptors (Lipinski definition) is 2. The average Bonchev–Trinajstić information content (AvgIpc) is 2.36. The zero-order chi connectivity index (χ0) is 6.97. The number of hydrogen-bond donors (Lipinski definition) is 1. The summed E-state index contributed by atoms with van der Waals surface area (Å²) in [4.78, 5) is 0. The molecule has 0 saturated carbocycles. The fraction of sp³-hybridized carbons (Fsp3) is 0.500. The number of allylic oxidation sites excluding steroid dienone is 2. The Morgan fingerprint density at radius 1 is 1.60 bits per heavy atom. The van der Waals surface area contributed by atoms with Crippen LogP contribution in [0.25, 0.3) is 0 Å². The molecular formula is C8H10OS. The fourth-order valence-corrected chi connectivity index (χ4v) is 2.76. The van der Waals surface area contributed by atoms with E-state index in [1.807, 2.05) is 23.9 Å². The Labute approximate surface area is 64.8 Å². The molecule has 0 aromatic heterocycles. The molecule has 2 unspecified atom stereocenters. The largest absolute Gasteiger partial charge is 0.388 e. The van der Waals surface area contributed by atoms with Gasteiger partial charge in [-0.15, -0.1) is 0 Å². The quantitative estimate of drug-likeness (QED) is 0.566. The maximum atomic E-state index is 9.44. The fourth-order valence-electron chi connectivity index (χ4n) is 1.43. The van der Waals surface area contributed by atoms with Crippen LogP contribution in [0.3, 0.4) is 0 Å². The van der Waals surface area contributed by atoms with Crippen LogP contribution in [0.2, 0.25) is 0 Å². The van der Waals surface area contributed by atoms with Crippen molar-refractivity contribution >= 4 is 11.8 Å². The zero-order valence-electron chi connectivity index (χ0n) is 5.66. The molecule has 1 nitrogen and oxygen atoms in total. The lowest BCUT2D eigenvalue weighted by Crippen LogP contribution is -2.20. The number of aliphatic hydroxyl groups excluding tert-OH is 1. The van der Waals surface area contributed by atoms with Crippen molar-refractivity contribution in [1.29, 1.82) is 0 Å². The van der Waals surface area contributed by atoms with E-state index in [4.69, 9.17) is 0 Å². The van der Waals surface area contributed by atoms with Gasteiger partial charge in [0, 0.05) is 17.4 Å². The molecule has 2 aliphatic rings. The highest BCUT2D eigenvalue weighted by Crippen LogP contribution is 2.33. The van der Waals surface area contributed by atoms with Crippen LogP contribution in [-0.4, -0.2) is 22.7 Å². The Bertz CT molecular complexity index is 195. The SMILES string of the molecule is OC1C=CC=C2CSCC21. The first-order valence-electron chi connectivity index (χ1n) is 3.51. The van der Waals surface area contributed by atoms with Crippen molar-refractivity contribution in [2.24, 2.45) is 5.92 Å². The van der Waals surface area contributed by atoms with Crippen molar-refractivity contribution in [3.8, 4) is 0 Å². The van der Waals surface area contributed by atoms with Crippen LogP contribution < -0.4 is 0 Å². The molecule has 2 atom stereocenters. The second-order valence-corrected chi connectivity index (χ2v) is 3.77. The van der Waals surface area contributed by atoms with Crippen molar-refractivity contribution in [2.75, 3.05) is 11.5 Å². The Morgan fingerprint density at radius 3 is 3.30 bits per heavy atom. The van der Waals surface area contributed by atoms with Crippen molar-refractivity contribution in [3.63, 3.8) is 0 Å². The molecule has 0 bridgehead atoms. The molecule has 1 aliphatic carbocycles. The van der Waals surface area contributed by atoms with E-state index >= 15 is 0 Å². The summed E-state index contributed by atoms with van der Waals surface area (Å²) in [5.74, 6) is 2.64. The van der Waals surface area contributed by atoms with Gasteiger partial charge in [0.25, 0.3) is 0 Å². The molecular weight excluding hydrogens is 144 g/mol. The van der Waals surface area contributed by atoms with Crippen molar-refractivity contribution in [3.05, 3.63) is 23.8 Å². The van der Waals surface area contributed by atoms with E-state index in [-0.39, 0.29) is 6.10 Å². The van der Waals surface area contributed by atoms with Crippen molar-refractivity contribution in [2.45, 2.75) is 6.10 Å². The molecule has 1 aliphatic heterocycles. The molecule has 0 aromatic rings. The first-order valence-corrected chi connectivity index (χ1v) is 4.66. The first kappa shape index (κ1) is 6.50. The highest BCUT2D eigenvalue weighted by atomic mass is 32.2. The van der Waals surface area contributed by atoms with E-state index in [2.05, 4.69) is 6.08 Å². The van der Waals surface area contributed by atoms with Crippen LogP contribution in [0.15, 0.2) is 23.8 Å². The Kier molecular flexibility index (Phi) is 1.58. The minimum absolute atomic E-state index is 0.213. The van der Waals surface area contributed by atoms with Gasteiger partial charge in [-0.25, -0.2) is 0 Å². The summed E-state index contributed by atoms with van der Waals surface area (Å²) in [5, 5.41) is 9.44. The number of rotatable bonds is 0. The third-order valence-electron chi connectivity index (χ3n) is 2.07. The molecule has 10 heavy (non-hydrogen) atoms. The lowest BCUT2D eigenvalue weighted by molar-refractivity contribution is 0.182. The second kappa shape index (κ2) is 2.44. The molecule has 2 rings (SSSR count). The van der Waals surface area contributed by atoms with Gasteiger partial charge < -0.3 is 5.11 Å². The summed E-state index contributed by atoms with van der Waals surface area (Å²) in [6.45, 7) is 0. The van der Waals surface area contributed by atoms with Gasteiger partial charge in [-0.05, 0) is 0 Å². The summed E-state index contributed by atoms with van der Waals surface area (Å²) < 4.78 is 0. The van der Waals surface area contributed by atoms with E-state index in [9.17, 15) is 5.11 Å². The summed E-state index contributed by atoms with van der Waals surface area (Å²) >= 11 is 1.91. The molecule has 1 N–H and O–H groups in total. The van der Waals surface area contributed by atoms with Crippen LogP contribution in [0.4, 0.5) is 0 Å². The smallest absolute Gasteiger partial charge is 0.0797 e. The van der Waals surface area contributed by atoms with Crippen LogP contribution in [0.5, 0.6) is 0 Å². The third-order valence-corrected chi connectivity index (χ3v) is 3.21. The van der Waals surface area contributed by atoms with Gasteiger partial charge in [0.05, 0.1) is 6.10 Å². The molecule has 54 valence electrons. The molecule has 1 heterocycles. The number of aliphatic hydroxyl groups is 1. The summed E-state index contributed by atoms with van der Waals surface area (Å²) in [5.41, 5.74) is 1.42. The first-order chi connectivity index (χ1) is 4.88. The van der Waals surface area contributed by atoms with Gasteiger partial charge in [-0.1, -0.05) is 23.8 Å². The standard InChI is InChI=1S/C8H10OS/c9-8-3-1-2-6-4-10-5-7(6)8/h1-3,7-9H,4-5H2. The van der Waals surface area contributed by atoms with Gasteiger partial charge in [-0.2, -0.15) is 11.8 Å². The van der Waals surface area contributed by atoms with Gasteiger partial charge in [0.1, 0.15) is 0 Å². The maximum absolute atomic E-state index is 9.44. The van der Waals surface area contributed by atoms with E-state index < -0.39 is 0 Å². The highest BCUT2D eigenvalue weighted by molar-refractivity contribution is 7.99. The molecule has 0 spiro atoms. The monoisotopic (exact) mass is 154 g/mol.